The third-order valence-electron chi connectivity index (χ3n) is 5.56. The summed E-state index contributed by atoms with van der Waals surface area (Å²) in [5.74, 6) is 4.23. The van der Waals surface area contributed by atoms with E-state index in [1.54, 1.807) is 0 Å². The lowest BCUT2D eigenvalue weighted by atomic mass is 9.98. The summed E-state index contributed by atoms with van der Waals surface area (Å²) in [7, 11) is -1.48. The monoisotopic (exact) mass is 453 g/mol. The van der Waals surface area contributed by atoms with E-state index in [1.165, 1.54) is 0 Å². The second-order valence-corrected chi connectivity index (χ2v) is 14.0. The number of imidazole rings is 1. The number of benzene rings is 2. The Morgan fingerprint density at radius 1 is 1.15 bits per heavy atom. The van der Waals surface area contributed by atoms with E-state index in [9.17, 15) is 0 Å². The second-order valence-electron chi connectivity index (χ2n) is 9.21. The number of hydrogen-bond donors (Lipinski definition) is 1. The van der Waals surface area contributed by atoms with E-state index in [0.717, 1.165) is 51.7 Å². The maximum atomic E-state index is 5.70. The summed E-state index contributed by atoms with van der Waals surface area (Å²) in [5, 5.41) is 0. The van der Waals surface area contributed by atoms with Crippen molar-refractivity contribution in [2.45, 2.75) is 45.8 Å². The van der Waals surface area contributed by atoms with Crippen LogP contribution in [-0.4, -0.2) is 29.2 Å². The standard InChI is InChI=1S/C26H27N5OSi/c1-5-23-29-26(32-30-23)25-22-16-27-24(19-9-7-6-8-10-19)20-15-18(13-14-33(2,3)4)11-12-21(20)31(22)17-28-25/h6-12,15,17,26H,5,16H2,1-4H3,(H,29,30). The molecule has 3 heterocycles. The number of rotatable bonds is 3. The fraction of sp³-hybridized carbons (Fsp3) is 0.269. The Bertz CT molecular complexity index is 1320. The Balaban J connectivity index is 1.66. The average molecular weight is 454 g/mol. The smallest absolute Gasteiger partial charge is 0.220 e. The fourth-order valence-corrected chi connectivity index (χ4v) is 4.43. The number of amidine groups is 1. The number of nitrogens with one attached hydrogen (secondary N) is 1. The van der Waals surface area contributed by atoms with Crippen molar-refractivity contribution in [2.75, 3.05) is 0 Å². The first-order chi connectivity index (χ1) is 15.9. The zero-order chi connectivity index (χ0) is 23.0. The van der Waals surface area contributed by atoms with Crippen molar-refractivity contribution < 1.29 is 4.84 Å². The molecule has 166 valence electrons. The summed E-state index contributed by atoms with van der Waals surface area (Å²) in [6, 6.07) is 16.7. The third kappa shape index (κ3) is 4.27. The van der Waals surface area contributed by atoms with Gasteiger partial charge in [-0.3, -0.25) is 10.5 Å². The molecular formula is C26H27N5OSi. The molecule has 33 heavy (non-hydrogen) atoms. The molecule has 2 aromatic carbocycles. The minimum atomic E-state index is -1.48. The van der Waals surface area contributed by atoms with Crippen LogP contribution in [0.5, 0.6) is 0 Å². The van der Waals surface area contributed by atoms with Gasteiger partial charge in [-0.1, -0.05) is 62.8 Å². The average Bonchev–Trinajstić information content (AvgIpc) is 3.42. The second kappa shape index (κ2) is 8.47. The van der Waals surface area contributed by atoms with E-state index in [0.29, 0.717) is 6.54 Å². The van der Waals surface area contributed by atoms with Crippen molar-refractivity contribution in [2.24, 2.45) is 9.98 Å². The summed E-state index contributed by atoms with van der Waals surface area (Å²) >= 11 is 0. The molecule has 1 aromatic heterocycles. The van der Waals surface area contributed by atoms with Gasteiger partial charge in [0.15, 0.2) is 0 Å². The number of aliphatic imine (C=N–C) groups is 2. The first kappa shape index (κ1) is 21.4. The maximum absolute atomic E-state index is 5.70. The van der Waals surface area contributed by atoms with Crippen molar-refractivity contribution in [3.63, 3.8) is 0 Å². The highest BCUT2D eigenvalue weighted by Crippen LogP contribution is 2.31. The van der Waals surface area contributed by atoms with Crippen LogP contribution in [0.2, 0.25) is 19.6 Å². The Hall–Kier alpha value is -3.47. The number of nitrogens with zero attached hydrogens (tertiary/aromatic N) is 4. The van der Waals surface area contributed by atoms with Gasteiger partial charge in [0.2, 0.25) is 6.23 Å². The Labute approximate surface area is 195 Å². The molecule has 0 fully saturated rings. The molecule has 1 N–H and O–H groups in total. The zero-order valence-electron chi connectivity index (χ0n) is 19.4. The van der Waals surface area contributed by atoms with E-state index in [2.05, 4.69) is 81.5 Å². The molecule has 0 amide bonds. The zero-order valence-corrected chi connectivity index (χ0v) is 20.4. The third-order valence-corrected chi connectivity index (χ3v) is 6.43. The SMILES string of the molecule is CCC1=NC(c2ncn3c2CN=C(c2ccccc2)c2cc(C#C[Si](C)(C)C)ccc2-3)ON1. The lowest BCUT2D eigenvalue weighted by Gasteiger charge is -2.13. The summed E-state index contributed by atoms with van der Waals surface area (Å²) in [6.45, 7) is 9.30. The summed E-state index contributed by atoms with van der Waals surface area (Å²) in [4.78, 5) is 20.1. The van der Waals surface area contributed by atoms with E-state index in [1.807, 2.05) is 31.5 Å². The molecule has 5 rings (SSSR count). The number of hydrogen-bond acceptors (Lipinski definition) is 5. The van der Waals surface area contributed by atoms with Crippen LogP contribution in [0.25, 0.3) is 5.69 Å². The van der Waals surface area contributed by atoms with Gasteiger partial charge in [-0.15, -0.1) is 5.54 Å². The van der Waals surface area contributed by atoms with Gasteiger partial charge in [0.25, 0.3) is 0 Å². The van der Waals surface area contributed by atoms with Crippen molar-refractivity contribution in [1.82, 2.24) is 15.0 Å². The van der Waals surface area contributed by atoms with Crippen molar-refractivity contribution in [3.8, 4) is 17.2 Å². The van der Waals surface area contributed by atoms with Crippen LogP contribution in [0.3, 0.4) is 0 Å². The van der Waals surface area contributed by atoms with Gasteiger partial charge in [0, 0.05) is 23.1 Å². The van der Waals surface area contributed by atoms with Crippen LogP contribution in [0.1, 0.15) is 47.7 Å². The molecule has 0 radical (unpaired) electrons. The lowest BCUT2D eigenvalue weighted by Crippen LogP contribution is -2.16. The molecule has 1 atom stereocenters. The topological polar surface area (TPSA) is 63.8 Å². The van der Waals surface area contributed by atoms with Gasteiger partial charge in [-0.25, -0.2) is 14.8 Å². The minimum absolute atomic E-state index is 0.463. The Morgan fingerprint density at radius 3 is 2.70 bits per heavy atom. The maximum Gasteiger partial charge on any atom is 0.220 e. The molecule has 3 aromatic rings. The van der Waals surface area contributed by atoms with Crippen LogP contribution in [0.15, 0.2) is 64.8 Å². The molecule has 0 bridgehead atoms. The first-order valence-corrected chi connectivity index (χ1v) is 14.8. The first-order valence-electron chi connectivity index (χ1n) is 11.3. The quantitative estimate of drug-likeness (QED) is 0.458. The van der Waals surface area contributed by atoms with Gasteiger partial charge in [-0.05, 0) is 18.2 Å². The number of hydroxylamine groups is 1. The molecule has 2 aliphatic rings. The molecule has 2 aliphatic heterocycles. The van der Waals surface area contributed by atoms with Gasteiger partial charge in [0.05, 0.1) is 23.6 Å². The van der Waals surface area contributed by atoms with Crippen LogP contribution < -0.4 is 5.48 Å². The highest BCUT2D eigenvalue weighted by molar-refractivity contribution is 6.83. The molecule has 7 heteroatoms. The molecular weight excluding hydrogens is 426 g/mol. The molecule has 6 nitrogen and oxygen atoms in total. The molecule has 0 spiro atoms. The van der Waals surface area contributed by atoms with Crippen molar-refractivity contribution >= 4 is 19.6 Å². The normalized spacial score (nSPS) is 17.0. The van der Waals surface area contributed by atoms with E-state index >= 15 is 0 Å². The van der Waals surface area contributed by atoms with Crippen molar-refractivity contribution in [1.29, 1.82) is 0 Å². The summed E-state index contributed by atoms with van der Waals surface area (Å²) < 4.78 is 2.11. The molecule has 0 saturated carbocycles. The summed E-state index contributed by atoms with van der Waals surface area (Å²) in [6.07, 6.45) is 2.17. The van der Waals surface area contributed by atoms with Crippen LogP contribution in [-0.2, 0) is 11.4 Å². The Morgan fingerprint density at radius 2 is 1.97 bits per heavy atom. The van der Waals surface area contributed by atoms with Crippen LogP contribution in [0, 0.1) is 11.5 Å². The number of fused-ring (bicyclic) bond motifs is 3. The molecule has 1 unspecified atom stereocenters. The van der Waals surface area contributed by atoms with E-state index < -0.39 is 14.3 Å². The van der Waals surface area contributed by atoms with Crippen LogP contribution >= 0.6 is 0 Å². The van der Waals surface area contributed by atoms with E-state index in [-0.39, 0.29) is 0 Å². The van der Waals surface area contributed by atoms with E-state index in [4.69, 9.17) is 9.83 Å². The van der Waals surface area contributed by atoms with Crippen molar-refractivity contribution in [3.05, 3.63) is 82.9 Å². The molecule has 0 saturated heterocycles. The predicted molar refractivity (Wildman–Crippen MR) is 134 cm³/mol. The van der Waals surface area contributed by atoms with Crippen LogP contribution in [0.4, 0.5) is 0 Å². The summed E-state index contributed by atoms with van der Waals surface area (Å²) in [5.41, 5.74) is 13.3. The van der Waals surface area contributed by atoms with Gasteiger partial charge < -0.3 is 4.57 Å². The number of aromatic nitrogens is 2. The Kier molecular flexibility index (Phi) is 5.48. The lowest BCUT2D eigenvalue weighted by molar-refractivity contribution is 0.0341. The highest BCUT2D eigenvalue weighted by Gasteiger charge is 2.28. The highest BCUT2D eigenvalue weighted by atomic mass is 28.3. The molecule has 0 aliphatic carbocycles. The minimum Gasteiger partial charge on any atom is -0.300 e. The van der Waals surface area contributed by atoms with Gasteiger partial charge >= 0.3 is 0 Å². The largest absolute Gasteiger partial charge is 0.300 e. The van der Waals surface area contributed by atoms with Gasteiger partial charge in [0.1, 0.15) is 25.9 Å². The predicted octanol–water partition coefficient (Wildman–Crippen LogP) is 4.79. The fourth-order valence-electron chi connectivity index (χ4n) is 3.91. The van der Waals surface area contributed by atoms with Gasteiger partial charge in [-0.2, -0.15) is 0 Å².